The number of hydrogen-bond donors (Lipinski definition) is 2. The highest BCUT2D eigenvalue weighted by atomic mass is 32.1. The van der Waals surface area contributed by atoms with Crippen LogP contribution in [-0.2, 0) is 6.42 Å². The van der Waals surface area contributed by atoms with Crippen molar-refractivity contribution in [2.75, 3.05) is 11.9 Å². The first-order valence-electron chi connectivity index (χ1n) is 9.44. The largest absolute Gasteiger partial charge is 0.494 e. The molecule has 5 nitrogen and oxygen atoms in total. The average Bonchev–Trinajstić information content (AvgIpc) is 3.18. The molecule has 3 aromatic rings. The van der Waals surface area contributed by atoms with Gasteiger partial charge in [0, 0.05) is 17.1 Å². The maximum absolute atomic E-state index is 12.4. The highest BCUT2D eigenvalue weighted by molar-refractivity contribution is 7.14. The number of carbonyl (C=O) groups is 1. The Morgan fingerprint density at radius 3 is 2.61 bits per heavy atom. The summed E-state index contributed by atoms with van der Waals surface area (Å²) in [6, 6.07) is 18.0. The summed E-state index contributed by atoms with van der Waals surface area (Å²) in [5.41, 5.74) is 2.62. The lowest BCUT2D eigenvalue weighted by molar-refractivity contribution is 0.0934. The third kappa shape index (κ3) is 5.82. The van der Waals surface area contributed by atoms with Crippen LogP contribution in [0.3, 0.4) is 0 Å². The second-order valence-corrected chi connectivity index (χ2v) is 7.38. The maximum Gasteiger partial charge on any atom is 0.271 e. The van der Waals surface area contributed by atoms with E-state index in [1.807, 2.05) is 56.3 Å². The molecule has 0 spiro atoms. The molecule has 0 saturated heterocycles. The molecule has 0 fully saturated rings. The highest BCUT2D eigenvalue weighted by Crippen LogP contribution is 2.23. The van der Waals surface area contributed by atoms with E-state index in [2.05, 4.69) is 27.8 Å². The standard InChI is InChI=1S/C22H25N3O2S/c1-3-27-19-13-11-18(12-14-19)24-22-25-20(15-28-22)21(26)23-16(2)9-10-17-7-5-4-6-8-17/h4-8,11-16H,3,9-10H2,1-2H3,(H,23,26)(H,24,25). The molecule has 1 atom stereocenters. The summed E-state index contributed by atoms with van der Waals surface area (Å²) in [6.07, 6.45) is 1.82. The number of thiazole rings is 1. The van der Waals surface area contributed by atoms with Gasteiger partial charge >= 0.3 is 0 Å². The van der Waals surface area contributed by atoms with Crippen LogP contribution in [0.15, 0.2) is 60.0 Å². The predicted octanol–water partition coefficient (Wildman–Crippen LogP) is 5.04. The SMILES string of the molecule is CCOc1ccc(Nc2nc(C(=O)NC(C)CCc3ccccc3)cs2)cc1. The van der Waals surface area contributed by atoms with Gasteiger partial charge in [-0.25, -0.2) is 4.98 Å². The third-order valence-corrected chi connectivity index (χ3v) is 5.00. The molecule has 0 saturated carbocycles. The first kappa shape index (κ1) is 19.9. The number of aromatic nitrogens is 1. The number of hydrogen-bond acceptors (Lipinski definition) is 5. The van der Waals surface area contributed by atoms with Crippen molar-refractivity contribution in [3.05, 3.63) is 71.2 Å². The number of nitrogens with one attached hydrogen (secondary N) is 2. The first-order chi connectivity index (χ1) is 13.6. The second-order valence-electron chi connectivity index (χ2n) is 6.52. The van der Waals surface area contributed by atoms with Gasteiger partial charge in [-0.2, -0.15) is 0 Å². The van der Waals surface area contributed by atoms with Gasteiger partial charge in [0.25, 0.3) is 5.91 Å². The average molecular weight is 396 g/mol. The Balaban J connectivity index is 1.50. The van der Waals surface area contributed by atoms with Crippen LogP contribution in [0, 0.1) is 0 Å². The fourth-order valence-electron chi connectivity index (χ4n) is 2.76. The quantitative estimate of drug-likeness (QED) is 0.533. The molecule has 0 radical (unpaired) electrons. The molecule has 0 aliphatic carbocycles. The molecule has 3 rings (SSSR count). The molecule has 2 aromatic carbocycles. The molecular formula is C22H25N3O2S. The van der Waals surface area contributed by atoms with Crippen LogP contribution in [0.5, 0.6) is 5.75 Å². The summed E-state index contributed by atoms with van der Waals surface area (Å²) in [4.78, 5) is 16.8. The van der Waals surface area contributed by atoms with E-state index in [0.29, 0.717) is 17.4 Å². The van der Waals surface area contributed by atoms with Crippen molar-refractivity contribution >= 4 is 28.1 Å². The zero-order valence-electron chi connectivity index (χ0n) is 16.1. The lowest BCUT2D eigenvalue weighted by atomic mass is 10.1. The van der Waals surface area contributed by atoms with Crippen LogP contribution in [0.1, 0.15) is 36.3 Å². The van der Waals surface area contributed by atoms with Gasteiger partial charge in [-0.1, -0.05) is 30.3 Å². The normalized spacial score (nSPS) is 11.6. The van der Waals surface area contributed by atoms with E-state index in [-0.39, 0.29) is 11.9 Å². The topological polar surface area (TPSA) is 63.2 Å². The van der Waals surface area contributed by atoms with Crippen LogP contribution in [0.2, 0.25) is 0 Å². The number of anilines is 2. The Morgan fingerprint density at radius 2 is 1.89 bits per heavy atom. The first-order valence-corrected chi connectivity index (χ1v) is 10.3. The van der Waals surface area contributed by atoms with Crippen molar-refractivity contribution in [3.63, 3.8) is 0 Å². The second kappa shape index (κ2) is 9.90. The molecular weight excluding hydrogens is 370 g/mol. The number of rotatable bonds is 9. The van der Waals surface area contributed by atoms with E-state index in [9.17, 15) is 4.79 Å². The van der Waals surface area contributed by atoms with Crippen molar-refractivity contribution in [1.82, 2.24) is 10.3 Å². The third-order valence-electron chi connectivity index (χ3n) is 4.24. The van der Waals surface area contributed by atoms with Crippen LogP contribution < -0.4 is 15.4 Å². The van der Waals surface area contributed by atoms with Gasteiger partial charge in [0.1, 0.15) is 11.4 Å². The fourth-order valence-corrected chi connectivity index (χ4v) is 3.47. The van der Waals surface area contributed by atoms with Crippen LogP contribution in [-0.4, -0.2) is 23.5 Å². The van der Waals surface area contributed by atoms with Crippen LogP contribution in [0.4, 0.5) is 10.8 Å². The Hall–Kier alpha value is -2.86. The molecule has 1 amide bonds. The van der Waals surface area contributed by atoms with Gasteiger partial charge in [0.05, 0.1) is 6.61 Å². The maximum atomic E-state index is 12.4. The summed E-state index contributed by atoms with van der Waals surface area (Å²) >= 11 is 1.41. The van der Waals surface area contributed by atoms with E-state index < -0.39 is 0 Å². The minimum Gasteiger partial charge on any atom is -0.494 e. The minimum atomic E-state index is -0.142. The summed E-state index contributed by atoms with van der Waals surface area (Å²) in [7, 11) is 0. The van der Waals surface area contributed by atoms with Crippen molar-refractivity contribution in [2.24, 2.45) is 0 Å². The van der Waals surface area contributed by atoms with E-state index in [1.165, 1.54) is 16.9 Å². The molecule has 0 aliphatic heterocycles. The smallest absolute Gasteiger partial charge is 0.271 e. The monoisotopic (exact) mass is 395 g/mol. The summed E-state index contributed by atoms with van der Waals surface area (Å²) < 4.78 is 5.44. The van der Waals surface area contributed by atoms with Gasteiger partial charge < -0.3 is 15.4 Å². The van der Waals surface area contributed by atoms with E-state index >= 15 is 0 Å². The number of amides is 1. The van der Waals surface area contributed by atoms with Crippen molar-refractivity contribution in [3.8, 4) is 5.75 Å². The number of aryl methyl sites for hydroxylation is 1. The van der Waals surface area contributed by atoms with Gasteiger partial charge in [-0.3, -0.25) is 4.79 Å². The predicted molar refractivity (Wildman–Crippen MR) is 115 cm³/mol. The van der Waals surface area contributed by atoms with Crippen molar-refractivity contribution in [2.45, 2.75) is 32.7 Å². The zero-order valence-corrected chi connectivity index (χ0v) is 17.0. The summed E-state index contributed by atoms with van der Waals surface area (Å²) in [6.45, 7) is 4.62. The van der Waals surface area contributed by atoms with Gasteiger partial charge in [0.15, 0.2) is 5.13 Å². The highest BCUT2D eigenvalue weighted by Gasteiger charge is 2.13. The molecule has 1 unspecified atom stereocenters. The summed E-state index contributed by atoms with van der Waals surface area (Å²) in [5.74, 6) is 0.688. The molecule has 0 aliphatic rings. The molecule has 1 aromatic heterocycles. The van der Waals surface area contributed by atoms with Crippen molar-refractivity contribution < 1.29 is 9.53 Å². The van der Waals surface area contributed by atoms with E-state index in [0.717, 1.165) is 24.3 Å². The van der Waals surface area contributed by atoms with E-state index in [1.54, 1.807) is 5.38 Å². The van der Waals surface area contributed by atoms with Gasteiger partial charge in [-0.05, 0) is 56.5 Å². The van der Waals surface area contributed by atoms with Crippen molar-refractivity contribution in [1.29, 1.82) is 0 Å². The van der Waals surface area contributed by atoms with Crippen LogP contribution >= 0.6 is 11.3 Å². The number of carbonyl (C=O) groups excluding carboxylic acids is 1. The zero-order chi connectivity index (χ0) is 19.8. The molecule has 0 bridgehead atoms. The lowest BCUT2D eigenvalue weighted by Gasteiger charge is -2.12. The molecule has 28 heavy (non-hydrogen) atoms. The Kier molecular flexibility index (Phi) is 7.03. The fraction of sp³-hybridized carbons (Fsp3) is 0.273. The Labute approximate surface area is 169 Å². The number of benzene rings is 2. The number of ether oxygens (including phenoxy) is 1. The van der Waals surface area contributed by atoms with E-state index in [4.69, 9.17) is 4.74 Å². The minimum absolute atomic E-state index is 0.0805. The summed E-state index contributed by atoms with van der Waals surface area (Å²) in [5, 5.41) is 8.71. The van der Waals surface area contributed by atoms with Gasteiger partial charge in [-0.15, -0.1) is 11.3 Å². The Bertz CT molecular complexity index is 878. The Morgan fingerprint density at radius 1 is 1.14 bits per heavy atom. The van der Waals surface area contributed by atoms with Crippen LogP contribution in [0.25, 0.3) is 0 Å². The van der Waals surface area contributed by atoms with Gasteiger partial charge in [0.2, 0.25) is 0 Å². The number of nitrogens with zero attached hydrogens (tertiary/aromatic N) is 1. The lowest BCUT2D eigenvalue weighted by Crippen LogP contribution is -2.33. The molecule has 6 heteroatoms. The molecule has 146 valence electrons. The molecule has 1 heterocycles. The molecule has 2 N–H and O–H groups in total.